The fourth-order valence-corrected chi connectivity index (χ4v) is 2.57. The molecule has 0 aromatic heterocycles. The Morgan fingerprint density at radius 1 is 1.42 bits per heavy atom. The predicted octanol–water partition coefficient (Wildman–Crippen LogP) is 2.51. The second-order valence-electron chi connectivity index (χ2n) is 5.08. The Kier molecular flexibility index (Phi) is 4.80. The second kappa shape index (κ2) is 6.57. The summed E-state index contributed by atoms with van der Waals surface area (Å²) in [6.07, 6.45) is 4.11. The molecule has 1 amide bonds. The molecule has 4 heteroatoms. The number of para-hydroxylation sites is 2. The molecule has 1 saturated heterocycles. The van der Waals surface area contributed by atoms with Crippen LogP contribution in [-0.4, -0.2) is 37.6 Å². The quantitative estimate of drug-likeness (QED) is 0.906. The summed E-state index contributed by atoms with van der Waals surface area (Å²) < 4.78 is 5.23. The van der Waals surface area contributed by atoms with E-state index in [-0.39, 0.29) is 5.91 Å². The molecule has 1 fully saturated rings. The minimum Gasteiger partial charge on any atom is -0.495 e. The van der Waals surface area contributed by atoms with E-state index in [2.05, 4.69) is 17.3 Å². The van der Waals surface area contributed by atoms with E-state index in [0.29, 0.717) is 18.2 Å². The number of carbonyl (C=O) groups excluding carboxylic acids is 1. The van der Waals surface area contributed by atoms with Crippen molar-refractivity contribution in [1.29, 1.82) is 0 Å². The van der Waals surface area contributed by atoms with Gasteiger partial charge in [-0.1, -0.05) is 18.6 Å². The fraction of sp³-hybridized carbons (Fsp3) is 0.533. The van der Waals surface area contributed by atoms with Crippen LogP contribution in [0.3, 0.4) is 0 Å². The molecular weight excluding hydrogens is 240 g/mol. The number of hydrogen-bond donors (Lipinski definition) is 1. The van der Waals surface area contributed by atoms with Crippen LogP contribution in [0.1, 0.15) is 25.7 Å². The van der Waals surface area contributed by atoms with Crippen LogP contribution in [0.25, 0.3) is 0 Å². The molecule has 104 valence electrons. The van der Waals surface area contributed by atoms with Crippen LogP contribution in [0.15, 0.2) is 24.3 Å². The minimum absolute atomic E-state index is 0.0586. The highest BCUT2D eigenvalue weighted by molar-refractivity contribution is 5.92. The van der Waals surface area contributed by atoms with Gasteiger partial charge in [-0.3, -0.25) is 4.79 Å². The van der Waals surface area contributed by atoms with Crippen molar-refractivity contribution in [3.63, 3.8) is 0 Å². The van der Waals surface area contributed by atoms with Crippen molar-refractivity contribution in [2.45, 2.75) is 31.7 Å². The van der Waals surface area contributed by atoms with Crippen molar-refractivity contribution < 1.29 is 9.53 Å². The van der Waals surface area contributed by atoms with Crippen LogP contribution in [0, 0.1) is 0 Å². The number of nitrogens with zero attached hydrogens (tertiary/aromatic N) is 1. The van der Waals surface area contributed by atoms with E-state index in [1.165, 1.54) is 12.8 Å². The summed E-state index contributed by atoms with van der Waals surface area (Å²) in [5, 5.41) is 2.94. The van der Waals surface area contributed by atoms with Crippen LogP contribution in [0.2, 0.25) is 0 Å². The van der Waals surface area contributed by atoms with Crippen LogP contribution < -0.4 is 10.1 Å². The highest BCUT2D eigenvalue weighted by atomic mass is 16.5. The molecule has 1 heterocycles. The zero-order chi connectivity index (χ0) is 13.7. The molecule has 0 radical (unpaired) electrons. The van der Waals surface area contributed by atoms with Gasteiger partial charge in [-0.15, -0.1) is 0 Å². The lowest BCUT2D eigenvalue weighted by Gasteiger charge is -2.31. The first kappa shape index (κ1) is 13.9. The third-order valence-corrected chi connectivity index (χ3v) is 3.72. The van der Waals surface area contributed by atoms with E-state index in [4.69, 9.17) is 4.74 Å². The third-order valence-electron chi connectivity index (χ3n) is 3.72. The number of nitrogens with one attached hydrogen (secondary N) is 1. The Morgan fingerprint density at radius 2 is 2.21 bits per heavy atom. The molecule has 1 aliphatic rings. The second-order valence-corrected chi connectivity index (χ2v) is 5.08. The van der Waals surface area contributed by atoms with E-state index < -0.39 is 0 Å². The van der Waals surface area contributed by atoms with Crippen LogP contribution in [-0.2, 0) is 4.79 Å². The topological polar surface area (TPSA) is 41.6 Å². The minimum atomic E-state index is 0.0586. The molecule has 0 aliphatic carbocycles. The molecule has 4 nitrogen and oxygen atoms in total. The van der Waals surface area contributed by atoms with Gasteiger partial charge < -0.3 is 15.0 Å². The predicted molar refractivity (Wildman–Crippen MR) is 76.5 cm³/mol. The summed E-state index contributed by atoms with van der Waals surface area (Å²) in [7, 11) is 3.71. The van der Waals surface area contributed by atoms with Crippen molar-refractivity contribution >= 4 is 11.6 Å². The lowest BCUT2D eigenvalue weighted by Crippen LogP contribution is -2.38. The summed E-state index contributed by atoms with van der Waals surface area (Å²) in [5.41, 5.74) is 0.744. The molecule has 1 unspecified atom stereocenters. The zero-order valence-electron chi connectivity index (χ0n) is 11.7. The number of anilines is 1. The molecule has 2 rings (SSSR count). The molecule has 1 aromatic carbocycles. The van der Waals surface area contributed by atoms with Crippen molar-refractivity contribution in [2.75, 3.05) is 26.0 Å². The van der Waals surface area contributed by atoms with Gasteiger partial charge in [-0.2, -0.15) is 0 Å². The maximum atomic E-state index is 12.1. The summed E-state index contributed by atoms with van der Waals surface area (Å²) in [6, 6.07) is 7.86. The number of methoxy groups -OCH3 is 1. The van der Waals surface area contributed by atoms with Gasteiger partial charge in [0.05, 0.1) is 12.8 Å². The van der Waals surface area contributed by atoms with E-state index in [1.807, 2.05) is 24.3 Å². The molecule has 19 heavy (non-hydrogen) atoms. The molecule has 1 N–H and O–H groups in total. The number of benzene rings is 1. The summed E-state index contributed by atoms with van der Waals surface area (Å²) in [5.74, 6) is 0.760. The number of likely N-dealkylation sites (tertiary alicyclic amines) is 1. The Labute approximate surface area is 114 Å². The summed E-state index contributed by atoms with van der Waals surface area (Å²) in [4.78, 5) is 14.4. The largest absolute Gasteiger partial charge is 0.495 e. The molecule has 0 spiro atoms. The number of amides is 1. The fourth-order valence-electron chi connectivity index (χ4n) is 2.57. The maximum absolute atomic E-state index is 12.1. The van der Waals surface area contributed by atoms with Gasteiger partial charge in [-0.25, -0.2) is 0 Å². The molecule has 1 aliphatic heterocycles. The maximum Gasteiger partial charge on any atom is 0.226 e. The normalized spacial score (nSPS) is 20.0. The third kappa shape index (κ3) is 3.70. The van der Waals surface area contributed by atoms with Gasteiger partial charge in [0.2, 0.25) is 5.91 Å². The van der Waals surface area contributed by atoms with Gasteiger partial charge in [0.1, 0.15) is 5.75 Å². The first-order valence-corrected chi connectivity index (χ1v) is 6.84. The zero-order valence-corrected chi connectivity index (χ0v) is 11.7. The Balaban J connectivity index is 1.93. The Bertz CT molecular complexity index is 434. The van der Waals surface area contributed by atoms with Gasteiger partial charge in [-0.05, 0) is 38.6 Å². The van der Waals surface area contributed by atoms with Crippen molar-refractivity contribution in [3.8, 4) is 5.75 Å². The smallest absolute Gasteiger partial charge is 0.226 e. The standard InChI is InChI=1S/C15H22N2O2/c1-17-10-6-5-7-12(17)11-15(18)16-13-8-3-4-9-14(13)19-2/h3-4,8-9,12H,5-7,10-11H2,1-2H3,(H,16,18). The van der Waals surface area contributed by atoms with Crippen LogP contribution in [0.5, 0.6) is 5.75 Å². The van der Waals surface area contributed by atoms with Crippen molar-refractivity contribution in [1.82, 2.24) is 4.90 Å². The number of ether oxygens (including phenoxy) is 1. The molecular formula is C15H22N2O2. The first-order chi connectivity index (χ1) is 9.20. The van der Waals surface area contributed by atoms with E-state index >= 15 is 0 Å². The van der Waals surface area contributed by atoms with E-state index in [0.717, 1.165) is 18.7 Å². The van der Waals surface area contributed by atoms with Gasteiger partial charge in [0, 0.05) is 12.5 Å². The summed E-state index contributed by atoms with van der Waals surface area (Å²) >= 11 is 0. The number of hydrogen-bond acceptors (Lipinski definition) is 3. The molecule has 1 atom stereocenters. The van der Waals surface area contributed by atoms with Gasteiger partial charge >= 0.3 is 0 Å². The monoisotopic (exact) mass is 262 g/mol. The summed E-state index contributed by atoms with van der Waals surface area (Å²) in [6.45, 7) is 1.09. The van der Waals surface area contributed by atoms with Crippen LogP contribution in [0.4, 0.5) is 5.69 Å². The lowest BCUT2D eigenvalue weighted by atomic mass is 10.00. The SMILES string of the molecule is COc1ccccc1NC(=O)CC1CCCCN1C. The highest BCUT2D eigenvalue weighted by Gasteiger charge is 2.21. The molecule has 0 saturated carbocycles. The molecule has 1 aromatic rings. The average Bonchev–Trinajstić information content (AvgIpc) is 2.42. The first-order valence-electron chi connectivity index (χ1n) is 6.84. The van der Waals surface area contributed by atoms with E-state index in [1.54, 1.807) is 7.11 Å². The number of piperidine rings is 1. The van der Waals surface area contributed by atoms with Gasteiger partial charge in [0.15, 0.2) is 0 Å². The average molecular weight is 262 g/mol. The van der Waals surface area contributed by atoms with Crippen LogP contribution >= 0.6 is 0 Å². The highest BCUT2D eigenvalue weighted by Crippen LogP contribution is 2.24. The van der Waals surface area contributed by atoms with Gasteiger partial charge in [0.25, 0.3) is 0 Å². The lowest BCUT2D eigenvalue weighted by molar-refractivity contribution is -0.117. The Hall–Kier alpha value is -1.55. The van der Waals surface area contributed by atoms with Crippen molar-refractivity contribution in [3.05, 3.63) is 24.3 Å². The number of carbonyl (C=O) groups is 1. The number of rotatable bonds is 4. The molecule has 0 bridgehead atoms. The van der Waals surface area contributed by atoms with E-state index in [9.17, 15) is 4.79 Å². The Morgan fingerprint density at radius 3 is 2.95 bits per heavy atom. The van der Waals surface area contributed by atoms with Crippen molar-refractivity contribution in [2.24, 2.45) is 0 Å².